The molecule has 0 aromatic heterocycles. The summed E-state index contributed by atoms with van der Waals surface area (Å²) in [5.74, 6) is -0.913. The van der Waals surface area contributed by atoms with Crippen LogP contribution < -0.4 is 9.62 Å². The maximum absolute atomic E-state index is 14.0. The van der Waals surface area contributed by atoms with Gasteiger partial charge in [0.1, 0.15) is 12.6 Å². The van der Waals surface area contributed by atoms with Crippen molar-refractivity contribution in [3.63, 3.8) is 0 Å². The Morgan fingerprint density at radius 2 is 1.49 bits per heavy atom. The van der Waals surface area contributed by atoms with Gasteiger partial charge < -0.3 is 10.2 Å². The summed E-state index contributed by atoms with van der Waals surface area (Å²) in [6, 6.07) is 21.6. The third-order valence-electron chi connectivity index (χ3n) is 5.86. The fourth-order valence-corrected chi connectivity index (χ4v) is 5.21. The molecule has 39 heavy (non-hydrogen) atoms. The number of benzene rings is 3. The van der Waals surface area contributed by atoms with Gasteiger partial charge >= 0.3 is 0 Å². The summed E-state index contributed by atoms with van der Waals surface area (Å²) in [7, 11) is -3.86. The molecule has 3 aromatic carbocycles. The van der Waals surface area contributed by atoms with Crippen LogP contribution in [0.25, 0.3) is 0 Å². The van der Waals surface area contributed by atoms with Crippen molar-refractivity contribution >= 4 is 50.7 Å². The van der Waals surface area contributed by atoms with E-state index in [0.29, 0.717) is 15.6 Å². The lowest BCUT2D eigenvalue weighted by Gasteiger charge is -2.35. The molecular formula is C29H33Cl2N3O4S. The Bertz CT molecular complexity index is 1390. The van der Waals surface area contributed by atoms with E-state index in [1.807, 2.05) is 51.1 Å². The molecule has 208 valence electrons. The van der Waals surface area contributed by atoms with Crippen LogP contribution in [0.4, 0.5) is 5.69 Å². The topological polar surface area (TPSA) is 86.8 Å². The monoisotopic (exact) mass is 589 g/mol. The van der Waals surface area contributed by atoms with Crippen molar-refractivity contribution in [2.75, 3.05) is 17.1 Å². The van der Waals surface area contributed by atoms with E-state index in [1.165, 1.54) is 17.0 Å². The van der Waals surface area contributed by atoms with Crippen LogP contribution in [0, 0.1) is 0 Å². The van der Waals surface area contributed by atoms with Gasteiger partial charge in [0.25, 0.3) is 0 Å². The van der Waals surface area contributed by atoms with E-state index in [2.05, 4.69) is 5.32 Å². The maximum Gasteiger partial charge on any atom is 0.244 e. The molecule has 1 N–H and O–H groups in total. The van der Waals surface area contributed by atoms with Gasteiger partial charge in [-0.05, 0) is 62.2 Å². The molecule has 7 nitrogen and oxygen atoms in total. The van der Waals surface area contributed by atoms with Crippen molar-refractivity contribution in [3.05, 3.63) is 100 Å². The zero-order chi connectivity index (χ0) is 28.8. The van der Waals surface area contributed by atoms with Crippen LogP contribution in [0.2, 0.25) is 10.0 Å². The second kappa shape index (κ2) is 12.9. The lowest BCUT2D eigenvalue weighted by Crippen LogP contribution is -2.56. The number of anilines is 1. The Kier molecular flexibility index (Phi) is 10.0. The van der Waals surface area contributed by atoms with Crippen LogP contribution in [0.5, 0.6) is 0 Å². The first kappa shape index (κ1) is 30.5. The number of rotatable bonds is 10. The second-order valence-corrected chi connectivity index (χ2v) is 13.1. The predicted octanol–water partition coefficient (Wildman–Crippen LogP) is 5.31. The molecule has 0 aliphatic heterocycles. The average molecular weight is 591 g/mol. The van der Waals surface area contributed by atoms with E-state index in [1.54, 1.807) is 36.4 Å². The molecular weight excluding hydrogens is 557 g/mol. The van der Waals surface area contributed by atoms with Crippen molar-refractivity contribution in [2.45, 2.75) is 45.3 Å². The largest absolute Gasteiger partial charge is 0.350 e. The fraction of sp³-hybridized carbons (Fsp3) is 0.310. The normalized spacial score (nSPS) is 12.5. The third-order valence-corrected chi connectivity index (χ3v) is 7.62. The number of nitrogens with one attached hydrogen (secondary N) is 1. The standard InChI is InChI=1S/C29H33Cl2N3O4S/c1-29(2,3)32-28(36)26(18-21-10-6-5-7-11-21)33(19-22-12-8-9-13-25(22)31)27(35)20-34(39(4,37)38)24-16-14-23(30)15-17-24/h5-17,26H,18-20H2,1-4H3,(H,32,36)/t26-/m1/s1. The summed E-state index contributed by atoms with van der Waals surface area (Å²) in [4.78, 5) is 29.1. The van der Waals surface area contributed by atoms with E-state index < -0.39 is 34.1 Å². The first-order valence-electron chi connectivity index (χ1n) is 12.4. The summed E-state index contributed by atoms with van der Waals surface area (Å²) in [5.41, 5.74) is 1.20. The van der Waals surface area contributed by atoms with Crippen LogP contribution in [0.3, 0.4) is 0 Å². The van der Waals surface area contributed by atoms with Gasteiger partial charge in [-0.25, -0.2) is 8.42 Å². The van der Waals surface area contributed by atoms with Gasteiger partial charge in [0, 0.05) is 28.5 Å². The van der Waals surface area contributed by atoms with Gasteiger partial charge in [-0.3, -0.25) is 13.9 Å². The van der Waals surface area contributed by atoms with Crippen molar-refractivity contribution in [1.82, 2.24) is 10.2 Å². The number of sulfonamides is 1. The van der Waals surface area contributed by atoms with Crippen molar-refractivity contribution in [3.8, 4) is 0 Å². The Morgan fingerprint density at radius 1 is 0.897 bits per heavy atom. The number of hydrogen-bond donors (Lipinski definition) is 1. The minimum Gasteiger partial charge on any atom is -0.350 e. The zero-order valence-electron chi connectivity index (χ0n) is 22.4. The second-order valence-electron chi connectivity index (χ2n) is 10.3. The van der Waals surface area contributed by atoms with Gasteiger partial charge in [-0.2, -0.15) is 0 Å². The summed E-state index contributed by atoms with van der Waals surface area (Å²) in [6.07, 6.45) is 1.25. The first-order chi connectivity index (χ1) is 18.2. The molecule has 3 rings (SSSR count). The quantitative estimate of drug-likeness (QED) is 0.347. The molecule has 0 spiro atoms. The average Bonchev–Trinajstić information content (AvgIpc) is 2.85. The zero-order valence-corrected chi connectivity index (χ0v) is 24.7. The maximum atomic E-state index is 14.0. The summed E-state index contributed by atoms with van der Waals surface area (Å²) >= 11 is 12.5. The minimum atomic E-state index is -3.86. The summed E-state index contributed by atoms with van der Waals surface area (Å²) in [6.45, 7) is 5.06. The highest BCUT2D eigenvalue weighted by atomic mass is 35.5. The Morgan fingerprint density at radius 3 is 2.05 bits per heavy atom. The number of carbonyl (C=O) groups is 2. The lowest BCUT2D eigenvalue weighted by molar-refractivity contribution is -0.140. The molecule has 0 radical (unpaired) electrons. The van der Waals surface area contributed by atoms with Gasteiger partial charge in [-0.1, -0.05) is 71.7 Å². The molecule has 0 saturated heterocycles. The molecule has 0 unspecified atom stereocenters. The number of nitrogens with zero attached hydrogens (tertiary/aromatic N) is 2. The molecule has 2 amide bonds. The van der Waals surface area contributed by atoms with Crippen molar-refractivity contribution in [2.24, 2.45) is 0 Å². The van der Waals surface area contributed by atoms with E-state index in [9.17, 15) is 18.0 Å². The molecule has 1 atom stereocenters. The molecule has 0 saturated carbocycles. The number of amides is 2. The van der Waals surface area contributed by atoms with E-state index in [4.69, 9.17) is 23.2 Å². The van der Waals surface area contributed by atoms with E-state index in [-0.39, 0.29) is 24.6 Å². The fourth-order valence-electron chi connectivity index (χ4n) is 4.04. The molecule has 0 aliphatic carbocycles. The van der Waals surface area contributed by atoms with E-state index >= 15 is 0 Å². The smallest absolute Gasteiger partial charge is 0.244 e. The van der Waals surface area contributed by atoms with Gasteiger partial charge in [-0.15, -0.1) is 0 Å². The highest BCUT2D eigenvalue weighted by Gasteiger charge is 2.34. The SMILES string of the molecule is CC(C)(C)NC(=O)[C@@H](Cc1ccccc1)N(Cc1ccccc1Cl)C(=O)CN(c1ccc(Cl)cc1)S(C)(=O)=O. The van der Waals surface area contributed by atoms with Gasteiger partial charge in [0.2, 0.25) is 21.8 Å². The number of hydrogen-bond acceptors (Lipinski definition) is 4. The van der Waals surface area contributed by atoms with Crippen molar-refractivity contribution < 1.29 is 18.0 Å². The van der Waals surface area contributed by atoms with Crippen LogP contribution >= 0.6 is 23.2 Å². The summed E-state index contributed by atoms with van der Waals surface area (Å²) in [5, 5.41) is 3.85. The lowest BCUT2D eigenvalue weighted by atomic mass is 10.0. The molecule has 0 bridgehead atoms. The van der Waals surface area contributed by atoms with Crippen LogP contribution in [-0.4, -0.2) is 49.5 Å². The number of carbonyl (C=O) groups excluding carboxylic acids is 2. The molecule has 10 heteroatoms. The molecule has 0 fully saturated rings. The third kappa shape index (κ3) is 8.98. The minimum absolute atomic E-state index is 0.00574. The Hall–Kier alpha value is -3.07. The van der Waals surface area contributed by atoms with Gasteiger partial charge in [0.05, 0.1) is 11.9 Å². The highest BCUT2D eigenvalue weighted by Crippen LogP contribution is 2.24. The molecule has 0 heterocycles. The first-order valence-corrected chi connectivity index (χ1v) is 15.0. The van der Waals surface area contributed by atoms with Gasteiger partial charge in [0.15, 0.2) is 0 Å². The van der Waals surface area contributed by atoms with Crippen molar-refractivity contribution in [1.29, 1.82) is 0 Å². The Labute approximate surface area is 240 Å². The number of halogens is 2. The van der Waals surface area contributed by atoms with E-state index in [0.717, 1.165) is 16.1 Å². The van der Waals surface area contributed by atoms with Crippen LogP contribution in [0.15, 0.2) is 78.9 Å². The molecule has 0 aliphatic rings. The Balaban J connectivity index is 2.08. The highest BCUT2D eigenvalue weighted by molar-refractivity contribution is 7.92. The molecule has 3 aromatic rings. The van der Waals surface area contributed by atoms with Crippen LogP contribution in [-0.2, 0) is 32.6 Å². The predicted molar refractivity (Wildman–Crippen MR) is 157 cm³/mol. The summed E-state index contributed by atoms with van der Waals surface area (Å²) < 4.78 is 26.6. The van der Waals surface area contributed by atoms with Crippen LogP contribution in [0.1, 0.15) is 31.9 Å².